The smallest absolute Gasteiger partial charge is 0.144 e. The second kappa shape index (κ2) is 6.06. The molecule has 3 nitrogen and oxygen atoms in total. The van der Waals surface area contributed by atoms with E-state index in [1.165, 1.54) is 5.56 Å². The van der Waals surface area contributed by atoms with Gasteiger partial charge < -0.3 is 4.74 Å². The van der Waals surface area contributed by atoms with E-state index in [4.69, 9.17) is 4.74 Å². The van der Waals surface area contributed by atoms with Crippen LogP contribution in [-0.4, -0.2) is 16.7 Å². The van der Waals surface area contributed by atoms with Crippen LogP contribution in [-0.2, 0) is 0 Å². The van der Waals surface area contributed by atoms with E-state index < -0.39 is 0 Å². The zero-order valence-corrected chi connectivity index (χ0v) is 13.2. The fraction of sp³-hybridized carbons (Fsp3) is 0.211. The molecule has 0 N–H and O–H groups in total. The second-order valence-electron chi connectivity index (χ2n) is 5.57. The minimum absolute atomic E-state index is 0.472. The molecule has 112 valence electrons. The van der Waals surface area contributed by atoms with E-state index in [1.807, 2.05) is 30.6 Å². The van der Waals surface area contributed by atoms with E-state index in [-0.39, 0.29) is 0 Å². The molecule has 0 radical (unpaired) electrons. The summed E-state index contributed by atoms with van der Waals surface area (Å²) in [6, 6.07) is 16.5. The van der Waals surface area contributed by atoms with Crippen molar-refractivity contribution in [3.63, 3.8) is 0 Å². The van der Waals surface area contributed by atoms with Crippen LogP contribution in [0.3, 0.4) is 0 Å². The summed E-state index contributed by atoms with van der Waals surface area (Å²) >= 11 is 0. The number of aromatic nitrogens is 2. The molecule has 0 aliphatic carbocycles. The van der Waals surface area contributed by atoms with E-state index in [1.54, 1.807) is 7.11 Å². The highest BCUT2D eigenvalue weighted by atomic mass is 16.5. The summed E-state index contributed by atoms with van der Waals surface area (Å²) in [6.45, 7) is 4.36. The van der Waals surface area contributed by atoms with Crippen molar-refractivity contribution in [1.29, 1.82) is 0 Å². The van der Waals surface area contributed by atoms with Gasteiger partial charge >= 0.3 is 0 Å². The van der Waals surface area contributed by atoms with Gasteiger partial charge in [-0.05, 0) is 23.6 Å². The van der Waals surface area contributed by atoms with Crippen molar-refractivity contribution in [2.75, 3.05) is 7.11 Å². The van der Waals surface area contributed by atoms with Gasteiger partial charge in [0.1, 0.15) is 11.6 Å². The molecule has 3 heteroatoms. The van der Waals surface area contributed by atoms with Crippen LogP contribution in [0.4, 0.5) is 0 Å². The lowest BCUT2D eigenvalue weighted by Gasteiger charge is -2.15. The minimum Gasteiger partial charge on any atom is -0.495 e. The first-order valence-corrected chi connectivity index (χ1v) is 7.48. The second-order valence-corrected chi connectivity index (χ2v) is 5.57. The fourth-order valence-corrected chi connectivity index (χ4v) is 2.55. The van der Waals surface area contributed by atoms with Gasteiger partial charge in [0, 0.05) is 18.0 Å². The Hall–Kier alpha value is -2.55. The van der Waals surface area contributed by atoms with Crippen LogP contribution in [0, 0.1) is 0 Å². The zero-order valence-electron chi connectivity index (χ0n) is 13.2. The van der Waals surface area contributed by atoms with Crippen LogP contribution in [0.25, 0.3) is 17.1 Å². The molecule has 0 bridgehead atoms. The van der Waals surface area contributed by atoms with Gasteiger partial charge in [-0.25, -0.2) is 4.98 Å². The molecule has 0 amide bonds. The van der Waals surface area contributed by atoms with E-state index >= 15 is 0 Å². The molecular weight excluding hydrogens is 272 g/mol. The molecule has 0 spiro atoms. The molecule has 3 aromatic rings. The summed E-state index contributed by atoms with van der Waals surface area (Å²) in [4.78, 5) is 4.50. The van der Waals surface area contributed by atoms with Crippen molar-refractivity contribution in [2.45, 2.75) is 19.8 Å². The van der Waals surface area contributed by atoms with Crippen molar-refractivity contribution >= 4 is 0 Å². The first kappa shape index (κ1) is 14.4. The monoisotopic (exact) mass is 292 g/mol. The summed E-state index contributed by atoms with van der Waals surface area (Å²) in [5, 5.41) is 0. The number of imidazole rings is 1. The standard InChI is InChI=1S/C19H20N2O/c1-14(2)16-9-10-17(18(13-16)22-3)21-12-11-20-19(21)15-7-5-4-6-8-15/h4-14H,1-3H3. The van der Waals surface area contributed by atoms with Crippen LogP contribution in [0.15, 0.2) is 60.9 Å². The normalized spacial score (nSPS) is 10.9. The summed E-state index contributed by atoms with van der Waals surface area (Å²) in [5.41, 5.74) is 3.35. The lowest BCUT2D eigenvalue weighted by Crippen LogP contribution is -2.01. The van der Waals surface area contributed by atoms with Gasteiger partial charge in [0.2, 0.25) is 0 Å². The number of rotatable bonds is 4. The van der Waals surface area contributed by atoms with Gasteiger partial charge in [0.25, 0.3) is 0 Å². The maximum atomic E-state index is 5.60. The van der Waals surface area contributed by atoms with Crippen molar-refractivity contribution in [3.8, 4) is 22.8 Å². The Morgan fingerprint density at radius 3 is 2.50 bits per heavy atom. The van der Waals surface area contributed by atoms with Crippen LogP contribution < -0.4 is 4.74 Å². The van der Waals surface area contributed by atoms with Gasteiger partial charge in [0.05, 0.1) is 12.8 Å². The highest BCUT2D eigenvalue weighted by Crippen LogP contribution is 2.30. The van der Waals surface area contributed by atoms with Crippen molar-refractivity contribution in [3.05, 3.63) is 66.5 Å². The molecule has 0 fully saturated rings. The molecule has 1 heterocycles. The number of hydrogen-bond acceptors (Lipinski definition) is 2. The van der Waals surface area contributed by atoms with Crippen molar-refractivity contribution < 1.29 is 4.74 Å². The van der Waals surface area contributed by atoms with Crippen molar-refractivity contribution in [1.82, 2.24) is 9.55 Å². The van der Waals surface area contributed by atoms with Crippen LogP contribution in [0.5, 0.6) is 5.75 Å². The average Bonchev–Trinajstić information content (AvgIpc) is 3.04. The van der Waals surface area contributed by atoms with E-state index in [9.17, 15) is 0 Å². The molecule has 3 rings (SSSR count). The predicted octanol–water partition coefficient (Wildman–Crippen LogP) is 4.67. The maximum Gasteiger partial charge on any atom is 0.144 e. The largest absolute Gasteiger partial charge is 0.495 e. The Morgan fingerprint density at radius 1 is 1.05 bits per heavy atom. The van der Waals surface area contributed by atoms with Gasteiger partial charge in [-0.3, -0.25) is 4.57 Å². The third-order valence-electron chi connectivity index (χ3n) is 3.80. The SMILES string of the molecule is COc1cc(C(C)C)ccc1-n1ccnc1-c1ccccc1. The molecule has 0 saturated heterocycles. The molecule has 22 heavy (non-hydrogen) atoms. The molecule has 1 aromatic heterocycles. The highest BCUT2D eigenvalue weighted by molar-refractivity contribution is 5.61. The minimum atomic E-state index is 0.472. The maximum absolute atomic E-state index is 5.60. The predicted molar refractivity (Wildman–Crippen MR) is 89.6 cm³/mol. The molecule has 2 aromatic carbocycles. The van der Waals surface area contributed by atoms with Gasteiger partial charge in [-0.15, -0.1) is 0 Å². The summed E-state index contributed by atoms with van der Waals surface area (Å²) in [6.07, 6.45) is 3.79. The lowest BCUT2D eigenvalue weighted by atomic mass is 10.0. The van der Waals surface area contributed by atoms with Crippen LogP contribution in [0.2, 0.25) is 0 Å². The quantitative estimate of drug-likeness (QED) is 0.698. The van der Waals surface area contributed by atoms with E-state index in [2.05, 4.69) is 53.7 Å². The molecular formula is C19H20N2O. The van der Waals surface area contributed by atoms with E-state index in [0.29, 0.717) is 5.92 Å². The first-order valence-electron chi connectivity index (χ1n) is 7.48. The molecule has 0 unspecified atom stereocenters. The van der Waals surface area contributed by atoms with E-state index in [0.717, 1.165) is 22.8 Å². The highest BCUT2D eigenvalue weighted by Gasteiger charge is 2.13. The molecule has 0 aliphatic heterocycles. The van der Waals surface area contributed by atoms with Gasteiger partial charge in [-0.2, -0.15) is 0 Å². The molecule has 0 atom stereocenters. The molecule has 0 aliphatic rings. The number of hydrogen-bond donors (Lipinski definition) is 0. The number of benzene rings is 2. The number of nitrogens with zero attached hydrogens (tertiary/aromatic N) is 2. The summed E-state index contributed by atoms with van der Waals surface area (Å²) in [7, 11) is 1.71. The molecule has 0 saturated carbocycles. The van der Waals surface area contributed by atoms with Crippen LogP contribution in [0.1, 0.15) is 25.3 Å². The number of methoxy groups -OCH3 is 1. The summed E-state index contributed by atoms with van der Waals surface area (Å²) < 4.78 is 7.67. The van der Waals surface area contributed by atoms with Crippen LogP contribution >= 0.6 is 0 Å². The first-order chi connectivity index (χ1) is 10.7. The Balaban J connectivity index is 2.11. The Bertz CT molecular complexity index is 760. The number of ether oxygens (including phenoxy) is 1. The Kier molecular flexibility index (Phi) is 3.96. The summed E-state index contributed by atoms with van der Waals surface area (Å²) in [5.74, 6) is 2.25. The van der Waals surface area contributed by atoms with Gasteiger partial charge in [-0.1, -0.05) is 50.2 Å². The Labute approximate surface area is 131 Å². The third-order valence-corrected chi connectivity index (χ3v) is 3.80. The lowest BCUT2D eigenvalue weighted by molar-refractivity contribution is 0.412. The van der Waals surface area contributed by atoms with Gasteiger partial charge in [0.15, 0.2) is 0 Å². The topological polar surface area (TPSA) is 27.1 Å². The third kappa shape index (κ3) is 2.62. The fourth-order valence-electron chi connectivity index (χ4n) is 2.55. The average molecular weight is 292 g/mol. The Morgan fingerprint density at radius 2 is 1.82 bits per heavy atom. The van der Waals surface area contributed by atoms with Crippen molar-refractivity contribution in [2.24, 2.45) is 0 Å². The zero-order chi connectivity index (χ0) is 15.5.